The number of ether oxygens (including phenoxy) is 1. The van der Waals surface area contributed by atoms with Crippen LogP contribution in [0.2, 0.25) is 0 Å². The fourth-order valence-corrected chi connectivity index (χ4v) is 1.50. The summed E-state index contributed by atoms with van der Waals surface area (Å²) >= 11 is 0. The number of rotatable bonds is 4. The molecule has 16 heavy (non-hydrogen) atoms. The van der Waals surface area contributed by atoms with Gasteiger partial charge in [-0.3, -0.25) is 0 Å². The van der Waals surface area contributed by atoms with E-state index in [1.54, 1.807) is 0 Å². The van der Waals surface area contributed by atoms with Crippen LogP contribution >= 0.6 is 0 Å². The third-order valence-corrected chi connectivity index (χ3v) is 3.42. The lowest BCUT2D eigenvalue weighted by molar-refractivity contribution is -0.0927. The van der Waals surface area contributed by atoms with E-state index in [1.165, 1.54) is 11.1 Å². The molecule has 1 aromatic rings. The van der Waals surface area contributed by atoms with Gasteiger partial charge >= 0.3 is 0 Å². The Bertz CT molecular complexity index is 322. The molecule has 1 heteroatoms. The highest BCUT2D eigenvalue weighted by molar-refractivity contribution is 5.22. The minimum atomic E-state index is -0.0791. The van der Waals surface area contributed by atoms with Gasteiger partial charge in [0, 0.05) is 0 Å². The minimum absolute atomic E-state index is 0.0791. The average Bonchev–Trinajstić information content (AvgIpc) is 2.17. The van der Waals surface area contributed by atoms with Crippen LogP contribution < -0.4 is 0 Å². The van der Waals surface area contributed by atoms with Gasteiger partial charge in [-0.05, 0) is 39.2 Å². The lowest BCUT2D eigenvalue weighted by Gasteiger charge is -2.33. The van der Waals surface area contributed by atoms with Crippen LogP contribution in [0.5, 0.6) is 0 Å². The lowest BCUT2D eigenvalue weighted by Crippen LogP contribution is -2.32. The van der Waals surface area contributed by atoms with Crippen LogP contribution in [0.4, 0.5) is 0 Å². The number of hydrogen-bond donors (Lipinski definition) is 0. The maximum atomic E-state index is 6.13. The van der Waals surface area contributed by atoms with Crippen LogP contribution in [0, 0.1) is 12.8 Å². The van der Waals surface area contributed by atoms with E-state index >= 15 is 0 Å². The second-order valence-corrected chi connectivity index (χ2v) is 5.43. The van der Waals surface area contributed by atoms with Gasteiger partial charge in [0.1, 0.15) is 0 Å². The number of aryl methyl sites for hydroxylation is 1. The van der Waals surface area contributed by atoms with Crippen molar-refractivity contribution in [2.75, 3.05) is 0 Å². The molecule has 0 spiro atoms. The molecule has 0 N–H and O–H groups in total. The first kappa shape index (κ1) is 13.2. The van der Waals surface area contributed by atoms with Crippen molar-refractivity contribution in [1.29, 1.82) is 0 Å². The van der Waals surface area contributed by atoms with Crippen LogP contribution in [0.25, 0.3) is 0 Å². The Kier molecular flexibility index (Phi) is 4.15. The molecule has 0 bridgehead atoms. The van der Waals surface area contributed by atoms with Gasteiger partial charge in [-0.2, -0.15) is 0 Å². The highest BCUT2D eigenvalue weighted by atomic mass is 16.5. The Balaban J connectivity index is 2.72. The second kappa shape index (κ2) is 5.01. The smallest absolute Gasteiger partial charge is 0.0804 e. The van der Waals surface area contributed by atoms with E-state index in [9.17, 15) is 0 Å². The summed E-state index contributed by atoms with van der Waals surface area (Å²) in [7, 11) is 0. The Morgan fingerprint density at radius 2 is 1.50 bits per heavy atom. The van der Waals surface area contributed by atoms with Crippen molar-refractivity contribution < 1.29 is 4.74 Å². The molecule has 0 saturated carbocycles. The Hall–Kier alpha value is -0.820. The third kappa shape index (κ3) is 3.34. The zero-order valence-corrected chi connectivity index (χ0v) is 11.4. The molecule has 0 aliphatic heterocycles. The SMILES string of the molecule is Cc1ccc(C(C)OC(C)(C)C(C)C)cc1. The van der Waals surface area contributed by atoms with Gasteiger partial charge in [-0.25, -0.2) is 0 Å². The van der Waals surface area contributed by atoms with E-state index < -0.39 is 0 Å². The maximum absolute atomic E-state index is 6.13. The van der Waals surface area contributed by atoms with Gasteiger partial charge in [0.25, 0.3) is 0 Å². The molecule has 1 atom stereocenters. The first-order valence-corrected chi connectivity index (χ1v) is 6.07. The molecule has 0 aliphatic rings. The first-order chi connectivity index (χ1) is 7.33. The molecule has 0 heterocycles. The summed E-state index contributed by atoms with van der Waals surface area (Å²) in [5, 5.41) is 0. The maximum Gasteiger partial charge on any atom is 0.0804 e. The Morgan fingerprint density at radius 1 is 1.00 bits per heavy atom. The molecule has 0 aromatic heterocycles. The standard InChI is InChI=1S/C15H24O/c1-11(2)15(5,6)16-13(4)14-9-7-12(3)8-10-14/h7-11,13H,1-6H3. The van der Waals surface area contributed by atoms with Gasteiger partial charge in [0.2, 0.25) is 0 Å². The van der Waals surface area contributed by atoms with Crippen molar-refractivity contribution in [2.45, 2.75) is 53.2 Å². The zero-order valence-electron chi connectivity index (χ0n) is 11.4. The molecule has 0 amide bonds. The largest absolute Gasteiger partial charge is 0.368 e. The quantitative estimate of drug-likeness (QED) is 0.725. The van der Waals surface area contributed by atoms with E-state index in [-0.39, 0.29) is 11.7 Å². The molecule has 1 aromatic carbocycles. The van der Waals surface area contributed by atoms with Crippen LogP contribution in [-0.2, 0) is 4.74 Å². The normalized spacial score (nSPS) is 14.2. The average molecular weight is 220 g/mol. The zero-order chi connectivity index (χ0) is 12.3. The molecule has 1 unspecified atom stereocenters. The molecule has 0 saturated heterocycles. The Morgan fingerprint density at radius 3 is 1.94 bits per heavy atom. The molecule has 0 aliphatic carbocycles. The fourth-order valence-electron chi connectivity index (χ4n) is 1.50. The second-order valence-electron chi connectivity index (χ2n) is 5.43. The van der Waals surface area contributed by atoms with Crippen molar-refractivity contribution >= 4 is 0 Å². The minimum Gasteiger partial charge on any atom is -0.368 e. The van der Waals surface area contributed by atoms with Gasteiger partial charge in [-0.1, -0.05) is 43.7 Å². The van der Waals surface area contributed by atoms with Gasteiger partial charge in [0.05, 0.1) is 11.7 Å². The molecule has 1 rings (SSSR count). The van der Waals surface area contributed by atoms with E-state index in [4.69, 9.17) is 4.74 Å². The molecule has 1 nitrogen and oxygen atoms in total. The van der Waals surface area contributed by atoms with Gasteiger partial charge in [-0.15, -0.1) is 0 Å². The van der Waals surface area contributed by atoms with Crippen molar-refractivity contribution in [3.8, 4) is 0 Å². The summed E-state index contributed by atoms with van der Waals surface area (Å²) in [6.45, 7) is 12.9. The van der Waals surface area contributed by atoms with Crippen LogP contribution in [0.15, 0.2) is 24.3 Å². The predicted molar refractivity (Wildman–Crippen MR) is 69.6 cm³/mol. The van der Waals surface area contributed by atoms with Crippen LogP contribution in [0.1, 0.15) is 51.8 Å². The molecule has 90 valence electrons. The summed E-state index contributed by atoms with van der Waals surface area (Å²) in [4.78, 5) is 0. The predicted octanol–water partition coefficient (Wildman–Crippen LogP) is 4.51. The third-order valence-electron chi connectivity index (χ3n) is 3.42. The van der Waals surface area contributed by atoms with Crippen molar-refractivity contribution in [2.24, 2.45) is 5.92 Å². The van der Waals surface area contributed by atoms with E-state index in [1.807, 2.05) is 0 Å². The molecule has 0 radical (unpaired) electrons. The van der Waals surface area contributed by atoms with Gasteiger partial charge < -0.3 is 4.74 Å². The fraction of sp³-hybridized carbons (Fsp3) is 0.600. The summed E-state index contributed by atoms with van der Waals surface area (Å²) in [6.07, 6.45) is 0.151. The summed E-state index contributed by atoms with van der Waals surface area (Å²) in [5.41, 5.74) is 2.46. The van der Waals surface area contributed by atoms with E-state index in [0.29, 0.717) is 5.92 Å². The monoisotopic (exact) mass is 220 g/mol. The van der Waals surface area contributed by atoms with Crippen molar-refractivity contribution in [1.82, 2.24) is 0 Å². The summed E-state index contributed by atoms with van der Waals surface area (Å²) < 4.78 is 6.13. The highest BCUT2D eigenvalue weighted by Gasteiger charge is 2.25. The van der Waals surface area contributed by atoms with Crippen molar-refractivity contribution in [3.63, 3.8) is 0 Å². The highest BCUT2D eigenvalue weighted by Crippen LogP contribution is 2.28. The van der Waals surface area contributed by atoms with Gasteiger partial charge in [0.15, 0.2) is 0 Å². The van der Waals surface area contributed by atoms with E-state index in [0.717, 1.165) is 0 Å². The molecular formula is C15H24O. The van der Waals surface area contributed by atoms with Crippen LogP contribution in [0.3, 0.4) is 0 Å². The van der Waals surface area contributed by atoms with Crippen molar-refractivity contribution in [3.05, 3.63) is 35.4 Å². The molecular weight excluding hydrogens is 196 g/mol. The Labute approximate surface area is 99.8 Å². The number of benzene rings is 1. The lowest BCUT2D eigenvalue weighted by atomic mass is 9.94. The number of hydrogen-bond acceptors (Lipinski definition) is 1. The first-order valence-electron chi connectivity index (χ1n) is 6.07. The molecule has 0 fully saturated rings. The van der Waals surface area contributed by atoms with Crippen LogP contribution in [-0.4, -0.2) is 5.60 Å². The van der Waals surface area contributed by atoms with E-state index in [2.05, 4.69) is 65.8 Å². The summed E-state index contributed by atoms with van der Waals surface area (Å²) in [5.74, 6) is 0.514. The topological polar surface area (TPSA) is 9.23 Å². The summed E-state index contributed by atoms with van der Waals surface area (Å²) in [6, 6.07) is 8.57.